The second-order valence-corrected chi connectivity index (χ2v) is 5.19. The third-order valence-electron chi connectivity index (χ3n) is 3.80. The molecule has 1 fully saturated rings. The van der Waals surface area contributed by atoms with E-state index in [1.807, 2.05) is 0 Å². The van der Waals surface area contributed by atoms with Crippen molar-refractivity contribution in [2.75, 3.05) is 27.3 Å². The first-order valence-electron chi connectivity index (χ1n) is 6.52. The van der Waals surface area contributed by atoms with Crippen molar-refractivity contribution in [1.82, 2.24) is 4.90 Å². The van der Waals surface area contributed by atoms with Crippen LogP contribution in [-0.2, 0) is 4.74 Å². The van der Waals surface area contributed by atoms with Crippen LogP contribution in [0.25, 0.3) is 0 Å². The molecule has 0 amide bonds. The minimum atomic E-state index is -0.0809. The normalized spacial score (nSPS) is 30.9. The van der Waals surface area contributed by atoms with Gasteiger partial charge < -0.3 is 14.7 Å². The molecule has 16 heavy (non-hydrogen) atoms. The lowest BCUT2D eigenvalue weighted by Crippen LogP contribution is -2.43. The van der Waals surface area contributed by atoms with Crippen molar-refractivity contribution in [3.05, 3.63) is 0 Å². The number of methoxy groups -OCH3 is 1. The molecule has 3 atom stereocenters. The van der Waals surface area contributed by atoms with Gasteiger partial charge in [-0.3, -0.25) is 0 Å². The molecule has 0 radical (unpaired) electrons. The fourth-order valence-corrected chi connectivity index (χ4v) is 2.66. The summed E-state index contributed by atoms with van der Waals surface area (Å²) in [6.07, 6.45) is 5.32. The summed E-state index contributed by atoms with van der Waals surface area (Å²) in [4.78, 5) is 2.42. The van der Waals surface area contributed by atoms with E-state index in [0.717, 1.165) is 44.8 Å². The Hall–Kier alpha value is -0.120. The molecule has 1 rings (SSSR count). The minimum absolute atomic E-state index is 0.0809. The van der Waals surface area contributed by atoms with Gasteiger partial charge >= 0.3 is 0 Å². The molecule has 1 saturated carbocycles. The molecule has 0 heterocycles. The summed E-state index contributed by atoms with van der Waals surface area (Å²) in [5.41, 5.74) is 0. The third-order valence-corrected chi connectivity index (χ3v) is 3.80. The quantitative estimate of drug-likeness (QED) is 0.706. The largest absolute Gasteiger partial charge is 0.393 e. The molecule has 96 valence electrons. The zero-order valence-electron chi connectivity index (χ0n) is 11.0. The Morgan fingerprint density at radius 3 is 2.75 bits per heavy atom. The molecule has 1 aliphatic carbocycles. The number of hydrogen-bond donors (Lipinski definition) is 1. The van der Waals surface area contributed by atoms with E-state index in [-0.39, 0.29) is 6.10 Å². The average Bonchev–Trinajstić information content (AvgIpc) is 2.27. The molecule has 3 heteroatoms. The van der Waals surface area contributed by atoms with Crippen LogP contribution in [0.15, 0.2) is 0 Å². The predicted molar refractivity (Wildman–Crippen MR) is 66.5 cm³/mol. The van der Waals surface area contributed by atoms with Gasteiger partial charge in [-0.25, -0.2) is 0 Å². The van der Waals surface area contributed by atoms with Gasteiger partial charge in [0.1, 0.15) is 0 Å². The second kappa shape index (κ2) is 7.25. The SMILES string of the molecule is COCCCCN(C)C1CC(O)CCC1C. The summed E-state index contributed by atoms with van der Waals surface area (Å²) in [6, 6.07) is 0.561. The van der Waals surface area contributed by atoms with Crippen molar-refractivity contribution >= 4 is 0 Å². The first kappa shape index (κ1) is 13.9. The van der Waals surface area contributed by atoms with E-state index in [1.54, 1.807) is 7.11 Å². The summed E-state index contributed by atoms with van der Waals surface area (Å²) in [7, 11) is 3.94. The molecule has 3 nitrogen and oxygen atoms in total. The smallest absolute Gasteiger partial charge is 0.0555 e. The first-order valence-corrected chi connectivity index (χ1v) is 6.52. The number of aliphatic hydroxyl groups excluding tert-OH is 1. The van der Waals surface area contributed by atoms with Gasteiger partial charge in [0, 0.05) is 19.8 Å². The first-order chi connectivity index (χ1) is 7.65. The van der Waals surface area contributed by atoms with E-state index >= 15 is 0 Å². The minimum Gasteiger partial charge on any atom is -0.393 e. The Bertz CT molecular complexity index is 187. The van der Waals surface area contributed by atoms with Gasteiger partial charge in [-0.15, -0.1) is 0 Å². The number of hydrogen-bond acceptors (Lipinski definition) is 3. The Kier molecular flexibility index (Phi) is 6.32. The van der Waals surface area contributed by atoms with E-state index in [0.29, 0.717) is 6.04 Å². The fourth-order valence-electron chi connectivity index (χ4n) is 2.66. The highest BCUT2D eigenvalue weighted by Crippen LogP contribution is 2.27. The van der Waals surface area contributed by atoms with E-state index in [4.69, 9.17) is 4.74 Å². The topological polar surface area (TPSA) is 32.7 Å². The van der Waals surface area contributed by atoms with Crippen LogP contribution < -0.4 is 0 Å². The molecular weight excluding hydrogens is 202 g/mol. The zero-order chi connectivity index (χ0) is 12.0. The summed E-state index contributed by atoms with van der Waals surface area (Å²) in [6.45, 7) is 4.28. The van der Waals surface area contributed by atoms with Gasteiger partial charge in [0.05, 0.1) is 6.10 Å². The van der Waals surface area contributed by atoms with Crippen LogP contribution in [0.2, 0.25) is 0 Å². The highest BCUT2D eigenvalue weighted by atomic mass is 16.5. The zero-order valence-corrected chi connectivity index (χ0v) is 11.0. The van der Waals surface area contributed by atoms with Crippen molar-refractivity contribution in [2.45, 2.75) is 51.2 Å². The number of unbranched alkanes of at least 4 members (excludes halogenated alkanes) is 1. The molecule has 0 spiro atoms. The summed E-state index contributed by atoms with van der Waals surface area (Å²) >= 11 is 0. The van der Waals surface area contributed by atoms with Crippen LogP contribution in [0.3, 0.4) is 0 Å². The van der Waals surface area contributed by atoms with Crippen LogP contribution in [0, 0.1) is 5.92 Å². The Balaban J connectivity index is 2.25. The average molecular weight is 229 g/mol. The van der Waals surface area contributed by atoms with Crippen LogP contribution >= 0.6 is 0 Å². The van der Waals surface area contributed by atoms with Crippen molar-refractivity contribution in [2.24, 2.45) is 5.92 Å². The van der Waals surface area contributed by atoms with Crippen molar-refractivity contribution < 1.29 is 9.84 Å². The second-order valence-electron chi connectivity index (χ2n) is 5.19. The number of ether oxygens (including phenoxy) is 1. The Morgan fingerprint density at radius 1 is 1.31 bits per heavy atom. The van der Waals surface area contributed by atoms with Crippen LogP contribution in [0.5, 0.6) is 0 Å². The Morgan fingerprint density at radius 2 is 2.06 bits per heavy atom. The number of nitrogens with zero attached hydrogens (tertiary/aromatic N) is 1. The monoisotopic (exact) mass is 229 g/mol. The van der Waals surface area contributed by atoms with Gasteiger partial charge in [-0.2, -0.15) is 0 Å². The molecule has 1 N–H and O–H groups in total. The molecule has 0 aromatic heterocycles. The summed E-state index contributed by atoms with van der Waals surface area (Å²) in [5.74, 6) is 0.718. The van der Waals surface area contributed by atoms with E-state index in [2.05, 4.69) is 18.9 Å². The molecular formula is C13H27NO2. The van der Waals surface area contributed by atoms with Crippen molar-refractivity contribution in [3.63, 3.8) is 0 Å². The van der Waals surface area contributed by atoms with Crippen LogP contribution in [-0.4, -0.2) is 49.5 Å². The summed E-state index contributed by atoms with van der Waals surface area (Å²) < 4.78 is 5.05. The molecule has 0 aromatic rings. The molecule has 0 bridgehead atoms. The highest BCUT2D eigenvalue weighted by molar-refractivity contribution is 4.83. The Labute approximate surface area is 99.8 Å². The fraction of sp³-hybridized carbons (Fsp3) is 1.00. The lowest BCUT2D eigenvalue weighted by atomic mass is 9.83. The van der Waals surface area contributed by atoms with E-state index in [1.165, 1.54) is 6.42 Å². The molecule has 3 unspecified atom stereocenters. The molecule has 0 aromatic carbocycles. The van der Waals surface area contributed by atoms with Gasteiger partial charge in [0.25, 0.3) is 0 Å². The van der Waals surface area contributed by atoms with Gasteiger partial charge in [0.2, 0.25) is 0 Å². The van der Waals surface area contributed by atoms with Gasteiger partial charge in [-0.05, 0) is 51.6 Å². The van der Waals surface area contributed by atoms with E-state index < -0.39 is 0 Å². The van der Waals surface area contributed by atoms with Crippen LogP contribution in [0.4, 0.5) is 0 Å². The third kappa shape index (κ3) is 4.40. The van der Waals surface area contributed by atoms with E-state index in [9.17, 15) is 5.11 Å². The number of rotatable bonds is 6. The maximum Gasteiger partial charge on any atom is 0.0555 e. The molecule has 1 aliphatic rings. The highest BCUT2D eigenvalue weighted by Gasteiger charge is 2.28. The lowest BCUT2D eigenvalue weighted by Gasteiger charge is -2.38. The van der Waals surface area contributed by atoms with Crippen molar-refractivity contribution in [1.29, 1.82) is 0 Å². The molecule has 0 saturated heterocycles. The maximum atomic E-state index is 9.71. The predicted octanol–water partition coefficient (Wildman–Crippen LogP) is 1.89. The lowest BCUT2D eigenvalue weighted by molar-refractivity contribution is 0.0420. The van der Waals surface area contributed by atoms with Crippen molar-refractivity contribution in [3.8, 4) is 0 Å². The summed E-state index contributed by atoms with van der Waals surface area (Å²) in [5, 5.41) is 9.71. The number of aliphatic hydroxyl groups is 1. The molecule has 0 aliphatic heterocycles. The maximum absolute atomic E-state index is 9.71. The van der Waals surface area contributed by atoms with Gasteiger partial charge in [-0.1, -0.05) is 6.92 Å². The standard InChI is InChI=1S/C13H27NO2/c1-11-6-7-12(15)10-13(11)14(2)8-4-5-9-16-3/h11-13,15H,4-10H2,1-3H3. The van der Waals surface area contributed by atoms with Crippen LogP contribution in [0.1, 0.15) is 39.0 Å². The van der Waals surface area contributed by atoms with Gasteiger partial charge in [0.15, 0.2) is 0 Å².